The Kier molecular flexibility index (Phi) is 6.67. The van der Waals surface area contributed by atoms with Gasteiger partial charge in [-0.05, 0) is 12.1 Å². The molecular formula is C12H14O9. The van der Waals surface area contributed by atoms with Crippen molar-refractivity contribution < 1.29 is 45.0 Å². The molecule has 0 aromatic heterocycles. The van der Waals surface area contributed by atoms with Gasteiger partial charge in [-0.1, -0.05) is 6.07 Å². The molecule has 1 rings (SSSR count). The standard InChI is InChI=1S/C6H8O7.C6H6O2/c7-3(8)1-6(13,5(11)12)2-4(9)10;7-5-2-1-3-6(8)4-5/h13H,1-2H2,(H,7,8)(H,9,10)(H,11,12);1-4,7-8H. The Bertz CT molecular complexity index is 490. The SMILES string of the molecule is O=C(O)CC(O)(CC(=O)O)C(=O)O.Oc1cccc(O)c1. The molecule has 0 aliphatic rings. The van der Waals surface area contributed by atoms with E-state index in [4.69, 9.17) is 30.6 Å². The van der Waals surface area contributed by atoms with E-state index in [1.807, 2.05) is 0 Å². The molecule has 1 aromatic rings. The molecular weight excluding hydrogens is 288 g/mol. The Hall–Kier alpha value is -2.81. The summed E-state index contributed by atoms with van der Waals surface area (Å²) in [4.78, 5) is 30.5. The summed E-state index contributed by atoms with van der Waals surface area (Å²) in [6.07, 6.45) is -2.29. The lowest BCUT2D eigenvalue weighted by atomic mass is 9.96. The molecule has 0 saturated carbocycles. The van der Waals surface area contributed by atoms with Crippen molar-refractivity contribution in [1.82, 2.24) is 0 Å². The van der Waals surface area contributed by atoms with Crippen LogP contribution in [0.15, 0.2) is 24.3 Å². The van der Waals surface area contributed by atoms with Crippen LogP contribution in [0, 0.1) is 0 Å². The molecule has 6 N–H and O–H groups in total. The summed E-state index contributed by atoms with van der Waals surface area (Å²) in [6, 6.07) is 5.85. The van der Waals surface area contributed by atoms with Gasteiger partial charge in [-0.15, -0.1) is 0 Å². The number of hydrogen-bond donors (Lipinski definition) is 6. The van der Waals surface area contributed by atoms with E-state index >= 15 is 0 Å². The van der Waals surface area contributed by atoms with Crippen molar-refractivity contribution in [2.24, 2.45) is 0 Å². The first-order chi connectivity index (χ1) is 9.56. The molecule has 9 heteroatoms. The Balaban J connectivity index is 0.000000423. The molecule has 0 spiro atoms. The fourth-order valence-corrected chi connectivity index (χ4v) is 1.21. The molecule has 0 aliphatic carbocycles. The highest BCUT2D eigenvalue weighted by molar-refractivity contribution is 5.88. The number of benzene rings is 1. The quantitative estimate of drug-likeness (QED) is 0.432. The van der Waals surface area contributed by atoms with Crippen LogP contribution in [-0.4, -0.2) is 54.1 Å². The summed E-state index contributed by atoms with van der Waals surface area (Å²) in [5.74, 6) is -4.84. The first kappa shape index (κ1) is 18.2. The summed E-state index contributed by atoms with van der Waals surface area (Å²) in [7, 11) is 0. The normalized spacial score (nSPS) is 10.1. The Morgan fingerprint density at radius 1 is 0.905 bits per heavy atom. The van der Waals surface area contributed by atoms with Gasteiger partial charge in [0, 0.05) is 6.07 Å². The average molecular weight is 302 g/mol. The molecule has 0 bridgehead atoms. The number of carboxylic acids is 3. The highest BCUT2D eigenvalue weighted by Crippen LogP contribution is 2.16. The molecule has 0 atom stereocenters. The van der Waals surface area contributed by atoms with E-state index in [1.54, 1.807) is 6.07 Å². The number of phenolic OH excluding ortho intramolecular Hbond substituents is 2. The second-order valence-electron chi connectivity index (χ2n) is 4.00. The minimum absolute atomic E-state index is 0.0880. The van der Waals surface area contributed by atoms with Gasteiger partial charge in [0.2, 0.25) is 0 Å². The van der Waals surface area contributed by atoms with Gasteiger partial charge >= 0.3 is 17.9 Å². The smallest absolute Gasteiger partial charge is 0.336 e. The molecule has 1 aromatic carbocycles. The summed E-state index contributed by atoms with van der Waals surface area (Å²) in [5.41, 5.74) is -2.74. The minimum atomic E-state index is -2.74. The zero-order chi connectivity index (χ0) is 16.6. The van der Waals surface area contributed by atoms with Gasteiger partial charge in [-0.25, -0.2) is 4.79 Å². The lowest BCUT2D eigenvalue weighted by molar-refractivity contribution is -0.170. The largest absolute Gasteiger partial charge is 0.508 e. The lowest BCUT2D eigenvalue weighted by Gasteiger charge is -2.18. The third kappa shape index (κ3) is 7.38. The van der Waals surface area contributed by atoms with Gasteiger partial charge in [0.25, 0.3) is 0 Å². The monoisotopic (exact) mass is 302 g/mol. The molecule has 0 saturated heterocycles. The highest BCUT2D eigenvalue weighted by Gasteiger charge is 2.40. The molecule has 0 aliphatic heterocycles. The van der Waals surface area contributed by atoms with Crippen molar-refractivity contribution in [2.45, 2.75) is 18.4 Å². The fourth-order valence-electron chi connectivity index (χ4n) is 1.21. The number of aromatic hydroxyl groups is 2. The summed E-state index contributed by atoms with van der Waals surface area (Å²) in [5, 5.41) is 51.1. The van der Waals surface area contributed by atoms with Crippen LogP contribution in [0.2, 0.25) is 0 Å². The Labute approximate surface area is 118 Å². The minimum Gasteiger partial charge on any atom is -0.508 e. The van der Waals surface area contributed by atoms with E-state index in [0.29, 0.717) is 0 Å². The maximum Gasteiger partial charge on any atom is 0.336 e. The van der Waals surface area contributed by atoms with Crippen molar-refractivity contribution in [2.75, 3.05) is 0 Å². The van der Waals surface area contributed by atoms with Crippen molar-refractivity contribution >= 4 is 17.9 Å². The highest BCUT2D eigenvalue weighted by atomic mass is 16.4. The molecule has 0 heterocycles. The van der Waals surface area contributed by atoms with Crippen LogP contribution < -0.4 is 0 Å². The van der Waals surface area contributed by atoms with Crippen LogP contribution >= 0.6 is 0 Å². The number of aliphatic carboxylic acids is 3. The predicted molar refractivity (Wildman–Crippen MR) is 66.9 cm³/mol. The molecule has 0 radical (unpaired) electrons. The van der Waals surface area contributed by atoms with Crippen LogP contribution in [0.4, 0.5) is 0 Å². The Morgan fingerprint density at radius 2 is 1.29 bits per heavy atom. The van der Waals surface area contributed by atoms with Gasteiger partial charge in [-0.3, -0.25) is 9.59 Å². The number of rotatable bonds is 5. The molecule has 0 fully saturated rings. The molecule has 0 unspecified atom stereocenters. The third-order valence-corrected chi connectivity index (χ3v) is 2.12. The Morgan fingerprint density at radius 3 is 1.48 bits per heavy atom. The third-order valence-electron chi connectivity index (χ3n) is 2.12. The number of carbonyl (C=O) groups is 3. The molecule has 116 valence electrons. The number of phenols is 2. The number of hydrogen-bond acceptors (Lipinski definition) is 6. The van der Waals surface area contributed by atoms with Gasteiger partial charge in [0.05, 0.1) is 12.8 Å². The van der Waals surface area contributed by atoms with Crippen molar-refractivity contribution in [3.05, 3.63) is 24.3 Å². The van der Waals surface area contributed by atoms with Crippen molar-refractivity contribution in [3.8, 4) is 11.5 Å². The van der Waals surface area contributed by atoms with E-state index in [-0.39, 0.29) is 11.5 Å². The molecule has 21 heavy (non-hydrogen) atoms. The van der Waals surface area contributed by atoms with Crippen LogP contribution in [0.5, 0.6) is 11.5 Å². The number of aliphatic hydroxyl groups is 1. The van der Waals surface area contributed by atoms with Crippen LogP contribution in [0.25, 0.3) is 0 Å². The second-order valence-corrected chi connectivity index (χ2v) is 4.00. The maximum absolute atomic E-state index is 10.3. The maximum atomic E-state index is 10.3. The van der Waals surface area contributed by atoms with Gasteiger partial charge in [0.15, 0.2) is 5.60 Å². The summed E-state index contributed by atoms with van der Waals surface area (Å²) >= 11 is 0. The number of carboxylic acid groups (broad SMARTS) is 3. The average Bonchev–Trinajstić information content (AvgIpc) is 2.26. The second kappa shape index (κ2) is 7.70. The van der Waals surface area contributed by atoms with E-state index in [9.17, 15) is 14.4 Å². The van der Waals surface area contributed by atoms with Crippen molar-refractivity contribution in [3.63, 3.8) is 0 Å². The van der Waals surface area contributed by atoms with E-state index in [1.165, 1.54) is 18.2 Å². The summed E-state index contributed by atoms with van der Waals surface area (Å²) < 4.78 is 0. The van der Waals surface area contributed by atoms with E-state index in [0.717, 1.165) is 0 Å². The van der Waals surface area contributed by atoms with Gasteiger partial charge < -0.3 is 30.6 Å². The van der Waals surface area contributed by atoms with E-state index in [2.05, 4.69) is 0 Å². The van der Waals surface area contributed by atoms with Crippen LogP contribution in [0.1, 0.15) is 12.8 Å². The first-order valence-corrected chi connectivity index (χ1v) is 5.44. The zero-order valence-electron chi connectivity index (χ0n) is 10.6. The van der Waals surface area contributed by atoms with Gasteiger partial charge in [0.1, 0.15) is 11.5 Å². The van der Waals surface area contributed by atoms with Crippen molar-refractivity contribution in [1.29, 1.82) is 0 Å². The van der Waals surface area contributed by atoms with Gasteiger partial charge in [-0.2, -0.15) is 0 Å². The lowest BCUT2D eigenvalue weighted by Crippen LogP contribution is -2.42. The van der Waals surface area contributed by atoms with Crippen LogP contribution in [0.3, 0.4) is 0 Å². The summed E-state index contributed by atoms with van der Waals surface area (Å²) in [6.45, 7) is 0. The first-order valence-electron chi connectivity index (χ1n) is 5.44. The molecule has 0 amide bonds. The predicted octanol–water partition coefficient (Wildman–Crippen LogP) is -0.151. The molecule has 9 nitrogen and oxygen atoms in total. The van der Waals surface area contributed by atoms with Crippen LogP contribution in [-0.2, 0) is 14.4 Å². The topological polar surface area (TPSA) is 173 Å². The van der Waals surface area contributed by atoms with E-state index < -0.39 is 36.4 Å². The zero-order valence-corrected chi connectivity index (χ0v) is 10.6. The fraction of sp³-hybridized carbons (Fsp3) is 0.250.